The number of aromatic nitrogens is 1. The molecule has 2 N–H and O–H groups in total. The first-order chi connectivity index (χ1) is 17.8. The highest BCUT2D eigenvalue weighted by Gasteiger charge is 2.38. The number of carboxylic acids is 1. The number of rotatable bonds is 10. The number of carboxylic acid groups (broad SMARTS) is 1. The molecule has 2 amide bonds. The maximum atomic E-state index is 13.0. The SMILES string of the molecule is CCCCCc1ccc(C(=O)Nc2ccc(-c3ccc4c(c3)C(=O)N([C@H](C(=O)O)C(C)C)C4)nc2)cc1. The molecule has 7 heteroatoms. The third kappa shape index (κ3) is 5.88. The van der Waals surface area contributed by atoms with Gasteiger partial charge in [0.2, 0.25) is 0 Å². The van der Waals surface area contributed by atoms with Crippen LogP contribution in [0, 0.1) is 5.92 Å². The van der Waals surface area contributed by atoms with Crippen molar-refractivity contribution in [3.8, 4) is 11.3 Å². The van der Waals surface area contributed by atoms with E-state index in [-0.39, 0.29) is 24.3 Å². The first-order valence-electron chi connectivity index (χ1n) is 12.8. The molecule has 1 aliphatic heterocycles. The van der Waals surface area contributed by atoms with E-state index in [0.717, 1.165) is 24.0 Å². The molecule has 0 bridgehead atoms. The normalized spacial score (nSPS) is 13.5. The van der Waals surface area contributed by atoms with E-state index >= 15 is 0 Å². The lowest BCUT2D eigenvalue weighted by molar-refractivity contribution is -0.144. The fraction of sp³-hybridized carbons (Fsp3) is 0.333. The number of fused-ring (bicyclic) bond motifs is 1. The second kappa shape index (κ2) is 11.4. The first kappa shape index (κ1) is 26.1. The van der Waals surface area contributed by atoms with Crippen molar-refractivity contribution < 1.29 is 19.5 Å². The molecule has 0 saturated heterocycles. The summed E-state index contributed by atoms with van der Waals surface area (Å²) in [4.78, 5) is 43.3. The van der Waals surface area contributed by atoms with E-state index < -0.39 is 12.0 Å². The predicted octanol–water partition coefficient (Wildman–Crippen LogP) is 5.80. The second-order valence-corrected chi connectivity index (χ2v) is 9.87. The Balaban J connectivity index is 1.43. The summed E-state index contributed by atoms with van der Waals surface area (Å²) in [6.45, 7) is 6.06. The van der Waals surface area contributed by atoms with Gasteiger partial charge in [0, 0.05) is 23.2 Å². The number of unbranched alkanes of at least 4 members (excludes halogenated alkanes) is 2. The fourth-order valence-corrected chi connectivity index (χ4v) is 4.73. The molecule has 0 spiro atoms. The Bertz CT molecular complexity index is 1280. The summed E-state index contributed by atoms with van der Waals surface area (Å²) in [6.07, 6.45) is 6.15. The standard InChI is InChI=1S/C30H33N3O4/c1-4-5-6-7-20-8-10-21(11-9-20)28(34)32-24-14-15-26(31-17-24)22-12-13-23-18-33(29(35)25(23)16-22)27(19(2)3)30(36)37/h8-17,19,27H,4-7,18H2,1-3H3,(H,32,34)(H,36,37)/t27-/m0/s1. The van der Waals surface area contributed by atoms with Gasteiger partial charge in [0.25, 0.3) is 11.8 Å². The molecule has 3 aromatic rings. The molecular formula is C30H33N3O4. The number of nitrogens with zero attached hydrogens (tertiary/aromatic N) is 2. The minimum Gasteiger partial charge on any atom is -0.480 e. The zero-order chi connectivity index (χ0) is 26.5. The third-order valence-electron chi connectivity index (χ3n) is 6.76. The van der Waals surface area contributed by atoms with Crippen molar-refractivity contribution in [1.29, 1.82) is 0 Å². The lowest BCUT2D eigenvalue weighted by atomic mass is 10.0. The van der Waals surface area contributed by atoms with Gasteiger partial charge in [0.05, 0.1) is 17.6 Å². The van der Waals surface area contributed by atoms with Crippen molar-refractivity contribution in [1.82, 2.24) is 9.88 Å². The molecule has 2 aromatic carbocycles. The molecule has 0 aliphatic carbocycles. The predicted molar refractivity (Wildman–Crippen MR) is 143 cm³/mol. The van der Waals surface area contributed by atoms with Gasteiger partial charge in [0.1, 0.15) is 6.04 Å². The van der Waals surface area contributed by atoms with Crippen molar-refractivity contribution in [3.05, 3.63) is 83.0 Å². The molecule has 2 heterocycles. The summed E-state index contributed by atoms with van der Waals surface area (Å²) in [6, 6.07) is 15.9. The molecule has 0 unspecified atom stereocenters. The molecule has 1 aliphatic rings. The molecule has 37 heavy (non-hydrogen) atoms. The lowest BCUT2D eigenvalue weighted by Crippen LogP contribution is -2.44. The number of anilines is 1. The molecule has 192 valence electrons. The Labute approximate surface area is 217 Å². The summed E-state index contributed by atoms with van der Waals surface area (Å²) in [5.41, 5.74) is 5.11. The highest BCUT2D eigenvalue weighted by atomic mass is 16.4. The number of aliphatic carboxylic acids is 1. The number of carbonyl (C=O) groups excluding carboxylic acids is 2. The molecular weight excluding hydrogens is 466 g/mol. The van der Waals surface area contributed by atoms with Crippen LogP contribution in [-0.2, 0) is 17.8 Å². The number of pyridine rings is 1. The van der Waals surface area contributed by atoms with Crippen LogP contribution in [0.2, 0.25) is 0 Å². The Hall–Kier alpha value is -4.00. The van der Waals surface area contributed by atoms with Crippen LogP contribution in [0.4, 0.5) is 5.69 Å². The van der Waals surface area contributed by atoms with Gasteiger partial charge in [-0.15, -0.1) is 0 Å². The molecule has 1 atom stereocenters. The van der Waals surface area contributed by atoms with Crippen molar-refractivity contribution in [2.24, 2.45) is 5.92 Å². The number of hydrogen-bond donors (Lipinski definition) is 2. The van der Waals surface area contributed by atoms with Crippen LogP contribution in [0.1, 0.15) is 71.9 Å². The first-order valence-corrected chi connectivity index (χ1v) is 12.8. The molecule has 7 nitrogen and oxygen atoms in total. The summed E-state index contributed by atoms with van der Waals surface area (Å²) in [7, 11) is 0. The third-order valence-corrected chi connectivity index (χ3v) is 6.76. The van der Waals surface area contributed by atoms with E-state index in [1.54, 1.807) is 38.2 Å². The maximum Gasteiger partial charge on any atom is 0.326 e. The highest BCUT2D eigenvalue weighted by Crippen LogP contribution is 2.31. The van der Waals surface area contributed by atoms with Gasteiger partial charge in [0.15, 0.2) is 0 Å². The summed E-state index contributed by atoms with van der Waals surface area (Å²) in [5, 5.41) is 12.5. The van der Waals surface area contributed by atoms with Crippen molar-refractivity contribution in [2.45, 2.75) is 59.0 Å². The number of nitrogens with one attached hydrogen (secondary N) is 1. The van der Waals surface area contributed by atoms with Crippen molar-refractivity contribution in [3.63, 3.8) is 0 Å². The minimum absolute atomic E-state index is 0.198. The topological polar surface area (TPSA) is 99.6 Å². The van der Waals surface area contributed by atoms with E-state index in [9.17, 15) is 19.5 Å². The number of hydrogen-bond acceptors (Lipinski definition) is 4. The van der Waals surface area contributed by atoms with Gasteiger partial charge in [-0.25, -0.2) is 4.79 Å². The Morgan fingerprint density at radius 2 is 1.81 bits per heavy atom. The Kier molecular flexibility index (Phi) is 8.01. The van der Waals surface area contributed by atoms with E-state index in [0.29, 0.717) is 22.5 Å². The van der Waals surface area contributed by atoms with E-state index in [4.69, 9.17) is 0 Å². The van der Waals surface area contributed by atoms with Gasteiger partial charge in [-0.2, -0.15) is 0 Å². The average Bonchev–Trinajstić information content (AvgIpc) is 3.19. The average molecular weight is 500 g/mol. The van der Waals surface area contributed by atoms with Gasteiger partial charge in [-0.1, -0.05) is 57.9 Å². The Morgan fingerprint density at radius 3 is 2.43 bits per heavy atom. The van der Waals surface area contributed by atoms with Crippen LogP contribution in [0.15, 0.2) is 60.8 Å². The zero-order valence-corrected chi connectivity index (χ0v) is 21.5. The number of amides is 2. The van der Waals surface area contributed by atoms with Gasteiger partial charge in [-0.3, -0.25) is 14.6 Å². The number of benzene rings is 2. The summed E-state index contributed by atoms with van der Waals surface area (Å²) in [5.74, 6) is -1.68. The van der Waals surface area contributed by atoms with Gasteiger partial charge in [-0.05, 0) is 60.2 Å². The van der Waals surface area contributed by atoms with Crippen LogP contribution in [0.5, 0.6) is 0 Å². The van der Waals surface area contributed by atoms with Crippen LogP contribution in [0.3, 0.4) is 0 Å². The van der Waals surface area contributed by atoms with Gasteiger partial charge < -0.3 is 15.3 Å². The molecule has 0 saturated carbocycles. The monoisotopic (exact) mass is 499 g/mol. The molecule has 0 fully saturated rings. The number of carbonyl (C=O) groups is 3. The van der Waals surface area contributed by atoms with Crippen LogP contribution < -0.4 is 5.32 Å². The molecule has 1 aromatic heterocycles. The smallest absolute Gasteiger partial charge is 0.326 e. The minimum atomic E-state index is -1.00. The van der Waals surface area contributed by atoms with E-state index in [2.05, 4.69) is 17.2 Å². The van der Waals surface area contributed by atoms with Gasteiger partial charge >= 0.3 is 5.97 Å². The largest absolute Gasteiger partial charge is 0.480 e. The highest BCUT2D eigenvalue weighted by molar-refractivity contribution is 6.04. The Morgan fingerprint density at radius 1 is 1.05 bits per heavy atom. The van der Waals surface area contributed by atoms with Crippen molar-refractivity contribution >= 4 is 23.5 Å². The fourth-order valence-electron chi connectivity index (χ4n) is 4.73. The summed E-state index contributed by atoms with van der Waals surface area (Å²) < 4.78 is 0. The van der Waals surface area contributed by atoms with E-state index in [1.807, 2.05) is 36.4 Å². The maximum absolute atomic E-state index is 13.0. The van der Waals surface area contributed by atoms with Crippen molar-refractivity contribution in [2.75, 3.05) is 5.32 Å². The quantitative estimate of drug-likeness (QED) is 0.344. The van der Waals surface area contributed by atoms with Crippen LogP contribution in [0.25, 0.3) is 11.3 Å². The van der Waals surface area contributed by atoms with E-state index in [1.165, 1.54) is 23.3 Å². The van der Waals surface area contributed by atoms with Crippen LogP contribution in [-0.4, -0.2) is 38.8 Å². The summed E-state index contributed by atoms with van der Waals surface area (Å²) >= 11 is 0. The zero-order valence-electron chi connectivity index (χ0n) is 21.5. The van der Waals surface area contributed by atoms with Crippen LogP contribution >= 0.6 is 0 Å². The lowest BCUT2D eigenvalue weighted by Gasteiger charge is -2.27. The number of aryl methyl sites for hydroxylation is 1. The second-order valence-electron chi connectivity index (χ2n) is 9.87. The molecule has 4 rings (SSSR count). The molecule has 0 radical (unpaired) electrons.